The van der Waals surface area contributed by atoms with Gasteiger partial charge in [0.15, 0.2) is 0 Å². The summed E-state index contributed by atoms with van der Waals surface area (Å²) >= 11 is 0. The number of anilines is 1. The Morgan fingerprint density at radius 3 is 2.29 bits per heavy atom. The predicted molar refractivity (Wildman–Crippen MR) is 125 cm³/mol. The van der Waals surface area contributed by atoms with Gasteiger partial charge in [-0.3, -0.25) is 4.90 Å². The van der Waals surface area contributed by atoms with Crippen molar-refractivity contribution >= 4 is 23.7 Å². The summed E-state index contributed by atoms with van der Waals surface area (Å²) in [6.45, 7) is 18.0. The van der Waals surface area contributed by atoms with Gasteiger partial charge in [-0.05, 0) is 67.1 Å². The zero-order chi connectivity index (χ0) is 19.2. The topological polar surface area (TPSA) is 6.48 Å². The molecule has 0 radical (unpaired) electrons. The highest BCUT2D eigenvalue weighted by molar-refractivity contribution is 5.85. The quantitative estimate of drug-likeness (QED) is 0.593. The van der Waals surface area contributed by atoms with E-state index >= 15 is 0 Å². The Morgan fingerprint density at radius 2 is 1.68 bits per heavy atom. The molecular weight excluding hydrogens is 364 g/mol. The number of piperazine rings is 1. The molecular formula is C25H39ClN2. The van der Waals surface area contributed by atoms with E-state index in [2.05, 4.69) is 68.7 Å². The fourth-order valence-electron chi connectivity index (χ4n) is 5.58. The normalized spacial score (nSPS) is 24.5. The minimum Gasteiger partial charge on any atom is -0.368 e. The average Bonchev–Trinajstić information content (AvgIpc) is 3.37. The lowest BCUT2D eigenvalue weighted by Gasteiger charge is -2.41. The minimum atomic E-state index is 0. The lowest BCUT2D eigenvalue weighted by Crippen LogP contribution is -2.47. The van der Waals surface area contributed by atoms with E-state index in [1.54, 1.807) is 5.57 Å². The number of hydrogen-bond acceptors (Lipinski definition) is 2. The lowest BCUT2D eigenvalue weighted by atomic mass is 9.65. The number of rotatable bonds is 4. The molecule has 4 rings (SSSR count). The van der Waals surface area contributed by atoms with Crippen LogP contribution < -0.4 is 4.90 Å². The third kappa shape index (κ3) is 5.13. The molecule has 2 fully saturated rings. The van der Waals surface area contributed by atoms with Crippen molar-refractivity contribution in [3.05, 3.63) is 35.4 Å². The van der Waals surface area contributed by atoms with E-state index in [1.165, 1.54) is 75.2 Å². The second kappa shape index (κ2) is 8.03. The number of allylic oxidation sites excluding steroid dienone is 2. The molecule has 2 aliphatic carbocycles. The molecule has 28 heavy (non-hydrogen) atoms. The molecule has 0 aromatic heterocycles. The van der Waals surface area contributed by atoms with Crippen molar-refractivity contribution in [2.75, 3.05) is 37.6 Å². The Morgan fingerprint density at radius 1 is 1.00 bits per heavy atom. The first-order valence-corrected chi connectivity index (χ1v) is 11.0. The van der Waals surface area contributed by atoms with Gasteiger partial charge in [0.1, 0.15) is 0 Å². The molecule has 1 aromatic carbocycles. The maximum atomic E-state index is 2.69. The SMILES string of the molecule is Cc1ccc(N2CCN(CC3CC3)CC2)c(C2=CC(C)(C)CC(C)(C)C2)c1.Cl. The fraction of sp³-hybridized carbons (Fsp3) is 0.680. The van der Waals surface area contributed by atoms with Crippen LogP contribution in [0.15, 0.2) is 24.3 Å². The molecule has 2 nitrogen and oxygen atoms in total. The van der Waals surface area contributed by atoms with Crippen LogP contribution in [0.2, 0.25) is 0 Å². The molecule has 3 aliphatic rings. The molecule has 1 saturated heterocycles. The van der Waals surface area contributed by atoms with E-state index in [1.807, 2.05) is 0 Å². The van der Waals surface area contributed by atoms with Crippen LogP contribution in [0.25, 0.3) is 5.57 Å². The summed E-state index contributed by atoms with van der Waals surface area (Å²) in [7, 11) is 0. The predicted octanol–water partition coefficient (Wildman–Crippen LogP) is 6.18. The van der Waals surface area contributed by atoms with Crippen LogP contribution in [0.4, 0.5) is 5.69 Å². The fourth-order valence-corrected chi connectivity index (χ4v) is 5.58. The molecule has 0 amide bonds. The van der Waals surface area contributed by atoms with Crippen molar-refractivity contribution in [1.82, 2.24) is 4.90 Å². The van der Waals surface area contributed by atoms with Gasteiger partial charge in [0.25, 0.3) is 0 Å². The Hall–Kier alpha value is -0.990. The third-order valence-corrected chi connectivity index (χ3v) is 6.59. The van der Waals surface area contributed by atoms with Gasteiger partial charge in [0, 0.05) is 44.0 Å². The van der Waals surface area contributed by atoms with Crippen LogP contribution in [-0.4, -0.2) is 37.6 Å². The van der Waals surface area contributed by atoms with E-state index in [0.717, 1.165) is 5.92 Å². The van der Waals surface area contributed by atoms with Crippen molar-refractivity contribution in [3.8, 4) is 0 Å². The zero-order valence-corrected chi connectivity index (χ0v) is 19.4. The molecule has 0 N–H and O–H groups in total. The molecule has 1 aromatic rings. The molecule has 3 heteroatoms. The zero-order valence-electron chi connectivity index (χ0n) is 18.6. The van der Waals surface area contributed by atoms with Crippen molar-refractivity contribution in [2.45, 2.75) is 60.3 Å². The summed E-state index contributed by atoms with van der Waals surface area (Å²) in [4.78, 5) is 5.34. The minimum absolute atomic E-state index is 0. The monoisotopic (exact) mass is 402 g/mol. The summed E-state index contributed by atoms with van der Waals surface area (Å²) in [5.74, 6) is 1.00. The maximum absolute atomic E-state index is 2.69. The van der Waals surface area contributed by atoms with E-state index in [-0.39, 0.29) is 17.8 Å². The van der Waals surface area contributed by atoms with Crippen molar-refractivity contribution in [1.29, 1.82) is 0 Å². The average molecular weight is 403 g/mol. The lowest BCUT2D eigenvalue weighted by molar-refractivity contribution is 0.228. The molecule has 0 bridgehead atoms. The highest BCUT2D eigenvalue weighted by Gasteiger charge is 2.34. The standard InChI is InChI=1S/C25H38N2.ClH/c1-19-6-9-23(27-12-10-26(11-13-27)17-20-7-8-20)22(14-19)21-15-24(2,3)18-25(4,5)16-21;/h6,9,14-15,20H,7-8,10-13,16-18H2,1-5H3;1H. The number of hydrogen-bond donors (Lipinski definition) is 0. The highest BCUT2D eigenvalue weighted by Crippen LogP contribution is 2.49. The van der Waals surface area contributed by atoms with Gasteiger partial charge < -0.3 is 4.90 Å². The van der Waals surface area contributed by atoms with Crippen molar-refractivity contribution in [2.24, 2.45) is 16.7 Å². The van der Waals surface area contributed by atoms with E-state index in [0.29, 0.717) is 5.41 Å². The highest BCUT2D eigenvalue weighted by atomic mass is 35.5. The van der Waals surface area contributed by atoms with Crippen LogP contribution in [0, 0.1) is 23.7 Å². The molecule has 1 aliphatic heterocycles. The summed E-state index contributed by atoms with van der Waals surface area (Å²) in [5, 5.41) is 0. The number of halogens is 1. The number of nitrogens with zero attached hydrogens (tertiary/aromatic N) is 2. The molecule has 1 saturated carbocycles. The van der Waals surface area contributed by atoms with E-state index in [4.69, 9.17) is 0 Å². The van der Waals surface area contributed by atoms with Crippen LogP contribution in [0.5, 0.6) is 0 Å². The Balaban J connectivity index is 0.00000225. The Kier molecular flexibility index (Phi) is 6.23. The second-order valence-electron chi connectivity index (χ2n) is 10.9. The van der Waals surface area contributed by atoms with Crippen molar-refractivity contribution < 1.29 is 0 Å². The maximum Gasteiger partial charge on any atom is 0.0443 e. The van der Waals surface area contributed by atoms with E-state index in [9.17, 15) is 0 Å². The first-order valence-electron chi connectivity index (χ1n) is 11.0. The summed E-state index contributed by atoms with van der Waals surface area (Å²) in [5.41, 5.74) is 6.55. The molecule has 156 valence electrons. The molecule has 1 heterocycles. The van der Waals surface area contributed by atoms with Crippen LogP contribution >= 0.6 is 12.4 Å². The van der Waals surface area contributed by atoms with Gasteiger partial charge in [-0.15, -0.1) is 12.4 Å². The first-order chi connectivity index (χ1) is 12.7. The molecule has 0 spiro atoms. The summed E-state index contributed by atoms with van der Waals surface area (Å²) < 4.78 is 0. The Bertz CT molecular complexity index is 722. The molecule has 0 atom stereocenters. The smallest absolute Gasteiger partial charge is 0.0443 e. The van der Waals surface area contributed by atoms with Crippen LogP contribution in [0.3, 0.4) is 0 Å². The van der Waals surface area contributed by atoms with E-state index < -0.39 is 0 Å². The van der Waals surface area contributed by atoms with Gasteiger partial charge >= 0.3 is 0 Å². The summed E-state index contributed by atoms with van der Waals surface area (Å²) in [6, 6.07) is 7.13. The van der Waals surface area contributed by atoms with Gasteiger partial charge in [0.2, 0.25) is 0 Å². The van der Waals surface area contributed by atoms with Gasteiger partial charge in [-0.1, -0.05) is 45.4 Å². The van der Waals surface area contributed by atoms with Gasteiger partial charge in [-0.2, -0.15) is 0 Å². The second-order valence-corrected chi connectivity index (χ2v) is 10.9. The first kappa shape index (κ1) is 21.7. The Labute approximate surface area is 178 Å². The van der Waals surface area contributed by atoms with Gasteiger partial charge in [-0.25, -0.2) is 0 Å². The number of benzene rings is 1. The van der Waals surface area contributed by atoms with Crippen molar-refractivity contribution in [3.63, 3.8) is 0 Å². The van der Waals surface area contributed by atoms with Gasteiger partial charge in [0.05, 0.1) is 0 Å². The summed E-state index contributed by atoms with van der Waals surface area (Å²) in [6.07, 6.45) is 7.95. The third-order valence-electron chi connectivity index (χ3n) is 6.59. The number of aryl methyl sites for hydroxylation is 1. The van der Waals surface area contributed by atoms with Crippen LogP contribution in [0.1, 0.15) is 64.5 Å². The largest absolute Gasteiger partial charge is 0.368 e. The van der Waals surface area contributed by atoms with Crippen LogP contribution in [-0.2, 0) is 0 Å². The molecule has 0 unspecified atom stereocenters.